The Hall–Kier alpha value is -2.51. The highest BCUT2D eigenvalue weighted by molar-refractivity contribution is 5.68. The summed E-state index contributed by atoms with van der Waals surface area (Å²) < 4.78 is 32.5. The number of hydrogen-bond acceptors (Lipinski definition) is 4. The molecule has 2 aromatic rings. The molecule has 0 heterocycles. The molecule has 2 atom stereocenters. The van der Waals surface area contributed by atoms with Crippen LogP contribution in [0.4, 0.5) is 13.6 Å². The Bertz CT molecular complexity index is 848. The zero-order chi connectivity index (χ0) is 23.0. The van der Waals surface area contributed by atoms with E-state index in [9.17, 15) is 18.7 Å². The number of benzene rings is 2. The van der Waals surface area contributed by atoms with Crippen LogP contribution in [-0.4, -0.2) is 35.5 Å². The van der Waals surface area contributed by atoms with Gasteiger partial charge in [-0.15, -0.1) is 0 Å². The van der Waals surface area contributed by atoms with Crippen molar-refractivity contribution < 1.29 is 23.4 Å². The van der Waals surface area contributed by atoms with Crippen molar-refractivity contribution >= 4 is 6.09 Å². The Morgan fingerprint density at radius 2 is 1.71 bits per heavy atom. The smallest absolute Gasteiger partial charge is 0.407 e. The van der Waals surface area contributed by atoms with Crippen molar-refractivity contribution in [1.29, 1.82) is 0 Å². The average molecular weight is 435 g/mol. The third-order valence-corrected chi connectivity index (χ3v) is 4.63. The van der Waals surface area contributed by atoms with E-state index in [-0.39, 0.29) is 13.0 Å². The first-order valence-electron chi connectivity index (χ1n) is 10.5. The molecule has 3 N–H and O–H groups in total. The van der Waals surface area contributed by atoms with Crippen molar-refractivity contribution in [3.63, 3.8) is 0 Å². The van der Waals surface area contributed by atoms with Gasteiger partial charge in [-0.2, -0.15) is 0 Å². The number of ether oxygens (including phenoxy) is 1. The predicted octanol–water partition coefficient (Wildman–Crippen LogP) is 4.11. The molecule has 0 fully saturated rings. The van der Waals surface area contributed by atoms with Crippen molar-refractivity contribution in [1.82, 2.24) is 10.6 Å². The fourth-order valence-electron chi connectivity index (χ4n) is 3.19. The molecule has 1 unspecified atom stereocenters. The van der Waals surface area contributed by atoms with Crippen LogP contribution in [0.5, 0.6) is 0 Å². The van der Waals surface area contributed by atoms with Crippen LogP contribution in [0.2, 0.25) is 0 Å². The third kappa shape index (κ3) is 9.02. The molecule has 0 aromatic heterocycles. The highest BCUT2D eigenvalue weighted by Crippen LogP contribution is 2.13. The molecule has 0 radical (unpaired) electrons. The Labute approximate surface area is 182 Å². The Morgan fingerprint density at radius 1 is 1.06 bits per heavy atom. The zero-order valence-corrected chi connectivity index (χ0v) is 18.5. The van der Waals surface area contributed by atoms with Gasteiger partial charge in [0.15, 0.2) is 0 Å². The van der Waals surface area contributed by atoms with Gasteiger partial charge in [-0.1, -0.05) is 31.2 Å². The molecule has 0 spiro atoms. The van der Waals surface area contributed by atoms with Gasteiger partial charge in [0.1, 0.15) is 17.2 Å². The molecule has 0 saturated carbocycles. The molecule has 170 valence electrons. The lowest BCUT2D eigenvalue weighted by Gasteiger charge is -2.27. The lowest BCUT2D eigenvalue weighted by atomic mass is 10.0. The lowest BCUT2D eigenvalue weighted by Crippen LogP contribution is -2.49. The van der Waals surface area contributed by atoms with Crippen LogP contribution in [-0.2, 0) is 24.1 Å². The van der Waals surface area contributed by atoms with Crippen molar-refractivity contribution in [2.45, 2.75) is 64.8 Å². The maximum absolute atomic E-state index is 13.6. The molecule has 1 amide bonds. The number of carbonyl (C=O) groups is 1. The largest absolute Gasteiger partial charge is 0.444 e. The van der Waals surface area contributed by atoms with E-state index < -0.39 is 35.5 Å². The standard InChI is InChI=1S/C24H32F2N2O3/c1-5-16-7-6-8-17(9-16)14-27-15-22(29)21(28-23(30)31-24(2,3)4)12-18-10-19(25)13-20(26)11-18/h6-11,13,21-22,27,29H,5,12,14-15H2,1-4H3,(H,28,30)/t21?,22-/m1/s1. The first-order valence-corrected chi connectivity index (χ1v) is 10.5. The van der Waals surface area contributed by atoms with Crippen LogP contribution < -0.4 is 10.6 Å². The summed E-state index contributed by atoms with van der Waals surface area (Å²) in [6.07, 6.45) is -0.734. The number of amides is 1. The van der Waals surface area contributed by atoms with Gasteiger partial charge in [-0.3, -0.25) is 0 Å². The number of rotatable bonds is 9. The summed E-state index contributed by atoms with van der Waals surface area (Å²) in [4.78, 5) is 12.3. The topological polar surface area (TPSA) is 70.6 Å². The third-order valence-electron chi connectivity index (χ3n) is 4.63. The predicted molar refractivity (Wildman–Crippen MR) is 117 cm³/mol. The van der Waals surface area contributed by atoms with Gasteiger partial charge >= 0.3 is 6.09 Å². The highest BCUT2D eigenvalue weighted by atomic mass is 19.1. The number of carbonyl (C=O) groups excluding carboxylic acids is 1. The average Bonchev–Trinajstić information content (AvgIpc) is 2.65. The van der Waals surface area contributed by atoms with E-state index in [2.05, 4.69) is 29.7 Å². The summed E-state index contributed by atoms with van der Waals surface area (Å²) in [7, 11) is 0. The zero-order valence-electron chi connectivity index (χ0n) is 18.5. The maximum Gasteiger partial charge on any atom is 0.407 e. The van der Waals surface area contributed by atoms with Crippen LogP contribution in [0, 0.1) is 11.6 Å². The fourth-order valence-corrected chi connectivity index (χ4v) is 3.19. The fraction of sp³-hybridized carbons (Fsp3) is 0.458. The van der Waals surface area contributed by atoms with E-state index in [4.69, 9.17) is 4.74 Å². The van der Waals surface area contributed by atoms with Gasteiger partial charge in [0.2, 0.25) is 0 Å². The minimum Gasteiger partial charge on any atom is -0.444 e. The second kappa shape index (κ2) is 11.2. The summed E-state index contributed by atoms with van der Waals surface area (Å²) in [6, 6.07) is 10.5. The molecular formula is C24H32F2N2O3. The second-order valence-electron chi connectivity index (χ2n) is 8.61. The summed E-state index contributed by atoms with van der Waals surface area (Å²) in [6.45, 7) is 7.98. The first kappa shape index (κ1) is 24.8. The Balaban J connectivity index is 2.05. The van der Waals surface area contributed by atoms with E-state index in [1.165, 1.54) is 17.7 Å². The number of halogens is 2. The van der Waals surface area contributed by atoms with Gasteiger partial charge in [0, 0.05) is 19.2 Å². The molecule has 0 bridgehead atoms. The molecule has 0 aliphatic rings. The van der Waals surface area contributed by atoms with Crippen molar-refractivity contribution in [3.8, 4) is 0 Å². The number of nitrogens with one attached hydrogen (secondary N) is 2. The normalized spacial score (nSPS) is 13.5. The van der Waals surface area contributed by atoms with Gasteiger partial charge in [0.05, 0.1) is 12.1 Å². The first-order chi connectivity index (χ1) is 14.6. The van der Waals surface area contributed by atoms with E-state index >= 15 is 0 Å². The second-order valence-corrected chi connectivity index (χ2v) is 8.61. The number of aryl methyl sites for hydroxylation is 1. The van der Waals surface area contributed by atoms with Crippen molar-refractivity contribution in [2.75, 3.05) is 6.54 Å². The molecule has 31 heavy (non-hydrogen) atoms. The van der Waals surface area contributed by atoms with Crippen molar-refractivity contribution in [3.05, 3.63) is 70.8 Å². The molecule has 0 aliphatic carbocycles. The minimum absolute atomic E-state index is 0.0437. The van der Waals surface area contributed by atoms with Gasteiger partial charge in [-0.05, 0) is 62.4 Å². The van der Waals surface area contributed by atoms with Crippen LogP contribution in [0.15, 0.2) is 42.5 Å². The number of hydrogen-bond donors (Lipinski definition) is 3. The van der Waals surface area contributed by atoms with E-state index in [0.717, 1.165) is 18.1 Å². The summed E-state index contributed by atoms with van der Waals surface area (Å²) >= 11 is 0. The van der Waals surface area contributed by atoms with E-state index in [1.807, 2.05) is 12.1 Å². The molecule has 2 aromatic carbocycles. The number of aliphatic hydroxyl groups excluding tert-OH is 1. The Morgan fingerprint density at radius 3 is 2.32 bits per heavy atom. The molecule has 5 nitrogen and oxygen atoms in total. The minimum atomic E-state index is -1.01. The van der Waals surface area contributed by atoms with E-state index in [1.54, 1.807) is 20.8 Å². The molecule has 7 heteroatoms. The summed E-state index contributed by atoms with van der Waals surface area (Å²) in [5, 5.41) is 16.5. The number of aliphatic hydroxyl groups is 1. The van der Waals surface area contributed by atoms with Gasteiger partial charge in [-0.25, -0.2) is 13.6 Å². The van der Waals surface area contributed by atoms with Gasteiger partial charge < -0.3 is 20.5 Å². The lowest BCUT2D eigenvalue weighted by molar-refractivity contribution is 0.0422. The molecule has 0 aliphatic heterocycles. The maximum atomic E-state index is 13.6. The molecule has 2 rings (SSSR count). The van der Waals surface area contributed by atoms with Crippen LogP contribution >= 0.6 is 0 Å². The van der Waals surface area contributed by atoms with Crippen LogP contribution in [0.3, 0.4) is 0 Å². The number of alkyl carbamates (subject to hydrolysis) is 1. The Kier molecular flexibility index (Phi) is 8.95. The van der Waals surface area contributed by atoms with E-state index in [0.29, 0.717) is 12.1 Å². The molecular weight excluding hydrogens is 402 g/mol. The van der Waals surface area contributed by atoms with Crippen molar-refractivity contribution in [2.24, 2.45) is 0 Å². The quantitative estimate of drug-likeness (QED) is 0.555. The monoisotopic (exact) mass is 434 g/mol. The summed E-state index contributed by atoms with van der Waals surface area (Å²) in [5.41, 5.74) is 1.91. The molecule has 0 saturated heterocycles. The van der Waals surface area contributed by atoms with Crippen LogP contribution in [0.1, 0.15) is 44.4 Å². The van der Waals surface area contributed by atoms with Crippen LogP contribution in [0.25, 0.3) is 0 Å². The van der Waals surface area contributed by atoms with Gasteiger partial charge in [0.25, 0.3) is 0 Å². The highest BCUT2D eigenvalue weighted by Gasteiger charge is 2.25. The summed E-state index contributed by atoms with van der Waals surface area (Å²) in [5.74, 6) is -1.43. The SMILES string of the molecule is CCc1cccc(CNC[C@@H](O)C(Cc2cc(F)cc(F)c2)NC(=O)OC(C)(C)C)c1.